The van der Waals surface area contributed by atoms with E-state index in [-0.39, 0.29) is 18.9 Å². The van der Waals surface area contributed by atoms with Crippen LogP contribution in [-0.4, -0.2) is 29.2 Å². The van der Waals surface area contributed by atoms with E-state index in [0.29, 0.717) is 0 Å². The number of hydrogen-bond acceptors (Lipinski definition) is 4. The minimum absolute atomic E-state index is 0.188. The Balaban J connectivity index is 2.53. The number of esters is 1. The van der Waals surface area contributed by atoms with Gasteiger partial charge >= 0.3 is 11.9 Å². The molecule has 0 spiro atoms. The Morgan fingerprint density at radius 3 is 2.56 bits per heavy atom. The van der Waals surface area contributed by atoms with Crippen molar-refractivity contribution in [2.75, 3.05) is 6.61 Å². The third-order valence-electron chi connectivity index (χ3n) is 2.78. The lowest BCUT2D eigenvalue weighted by Crippen LogP contribution is -2.56. The maximum absolute atomic E-state index is 11.6. The monoisotopic (exact) mass is 229 g/mol. The van der Waals surface area contributed by atoms with Gasteiger partial charge in [0.2, 0.25) is 5.54 Å². The van der Waals surface area contributed by atoms with E-state index >= 15 is 0 Å². The highest BCUT2D eigenvalue weighted by Gasteiger charge is 2.47. The number of carbonyl (C=O) groups excluding carboxylic acids is 1. The number of nitrogens with two attached hydrogens (primary N) is 1. The molecule has 1 fully saturated rings. The number of carbonyl (C=O) groups is 2. The molecule has 5 nitrogen and oxygen atoms in total. The predicted octanol–water partition coefficient (Wildman–Crippen LogP) is 0.912. The summed E-state index contributed by atoms with van der Waals surface area (Å²) in [7, 11) is 0. The minimum Gasteiger partial charge on any atom is -0.479 e. The Hall–Kier alpha value is -1.10. The fraction of sp³-hybridized carbons (Fsp3) is 0.818. The standard InChI is InChI=1S/C11H19NO4/c1-2-3-6-16-10(15)11(12,9(13)14)7-8-4-5-8/h8H,2-7,12H2,1H3,(H,13,14). The molecule has 1 aliphatic carbocycles. The summed E-state index contributed by atoms with van der Waals surface area (Å²) in [6, 6.07) is 0. The number of hydrogen-bond donors (Lipinski definition) is 2. The van der Waals surface area contributed by atoms with Gasteiger partial charge in [-0.15, -0.1) is 0 Å². The van der Waals surface area contributed by atoms with E-state index in [4.69, 9.17) is 15.6 Å². The molecule has 92 valence electrons. The fourth-order valence-corrected chi connectivity index (χ4v) is 1.47. The first kappa shape index (κ1) is 13.0. The van der Waals surface area contributed by atoms with Gasteiger partial charge in [-0.1, -0.05) is 26.2 Å². The van der Waals surface area contributed by atoms with Crippen molar-refractivity contribution in [1.29, 1.82) is 0 Å². The molecule has 0 bridgehead atoms. The van der Waals surface area contributed by atoms with Crippen LogP contribution in [0.15, 0.2) is 0 Å². The van der Waals surface area contributed by atoms with Gasteiger partial charge < -0.3 is 15.6 Å². The third-order valence-corrected chi connectivity index (χ3v) is 2.78. The van der Waals surface area contributed by atoms with Gasteiger partial charge in [0.1, 0.15) is 0 Å². The summed E-state index contributed by atoms with van der Waals surface area (Å²) in [4.78, 5) is 22.6. The van der Waals surface area contributed by atoms with Gasteiger partial charge in [-0.2, -0.15) is 0 Å². The topological polar surface area (TPSA) is 89.6 Å². The van der Waals surface area contributed by atoms with E-state index in [1.54, 1.807) is 0 Å². The zero-order valence-electron chi connectivity index (χ0n) is 9.57. The first-order valence-corrected chi connectivity index (χ1v) is 5.70. The predicted molar refractivity (Wildman–Crippen MR) is 57.8 cm³/mol. The van der Waals surface area contributed by atoms with Gasteiger partial charge in [0.25, 0.3) is 0 Å². The molecule has 0 aromatic carbocycles. The normalized spacial score (nSPS) is 18.9. The van der Waals surface area contributed by atoms with E-state index in [9.17, 15) is 9.59 Å². The molecule has 1 unspecified atom stereocenters. The molecule has 1 saturated carbocycles. The Labute approximate surface area is 95.0 Å². The maximum Gasteiger partial charge on any atom is 0.337 e. The summed E-state index contributed by atoms with van der Waals surface area (Å²) in [5.74, 6) is -1.83. The molecular formula is C11H19NO4. The van der Waals surface area contributed by atoms with Crippen LogP contribution in [0.1, 0.15) is 39.0 Å². The largest absolute Gasteiger partial charge is 0.479 e. The lowest BCUT2D eigenvalue weighted by Gasteiger charge is -2.22. The molecule has 0 radical (unpaired) electrons. The lowest BCUT2D eigenvalue weighted by atomic mass is 9.94. The molecule has 5 heteroatoms. The third kappa shape index (κ3) is 3.20. The van der Waals surface area contributed by atoms with Gasteiger partial charge in [-0.3, -0.25) is 0 Å². The molecule has 3 N–H and O–H groups in total. The summed E-state index contributed by atoms with van der Waals surface area (Å²) >= 11 is 0. The number of unbranched alkanes of at least 4 members (excludes halogenated alkanes) is 1. The second kappa shape index (κ2) is 5.30. The van der Waals surface area contributed by atoms with E-state index < -0.39 is 17.5 Å². The summed E-state index contributed by atoms with van der Waals surface area (Å²) in [5.41, 5.74) is 3.78. The average molecular weight is 229 g/mol. The Kier molecular flexibility index (Phi) is 4.29. The fourth-order valence-electron chi connectivity index (χ4n) is 1.47. The first-order chi connectivity index (χ1) is 7.50. The first-order valence-electron chi connectivity index (χ1n) is 5.70. The van der Waals surface area contributed by atoms with Gasteiger partial charge in [0.15, 0.2) is 0 Å². The van der Waals surface area contributed by atoms with Gasteiger partial charge in [0, 0.05) is 0 Å². The molecule has 1 rings (SSSR count). The summed E-state index contributed by atoms with van der Waals surface area (Å²) < 4.78 is 4.89. The molecule has 1 atom stereocenters. The number of aliphatic carboxylic acids is 1. The van der Waals surface area contributed by atoms with Crippen LogP contribution in [0.2, 0.25) is 0 Å². The number of carboxylic acids is 1. The quantitative estimate of drug-likeness (QED) is 0.385. The Bertz CT molecular complexity index is 275. The number of ether oxygens (including phenoxy) is 1. The Morgan fingerprint density at radius 1 is 1.50 bits per heavy atom. The summed E-state index contributed by atoms with van der Waals surface area (Å²) in [5, 5.41) is 9.01. The van der Waals surface area contributed by atoms with Gasteiger partial charge in [-0.05, 0) is 18.8 Å². The van der Waals surface area contributed by atoms with Crippen LogP contribution >= 0.6 is 0 Å². The van der Waals surface area contributed by atoms with Crippen molar-refractivity contribution in [2.45, 2.75) is 44.6 Å². The van der Waals surface area contributed by atoms with Crippen LogP contribution in [-0.2, 0) is 14.3 Å². The average Bonchev–Trinajstić information content (AvgIpc) is 3.01. The molecule has 0 aromatic rings. The molecule has 0 amide bonds. The number of carboxylic acid groups (broad SMARTS) is 1. The van der Waals surface area contributed by atoms with Crippen LogP contribution in [0.5, 0.6) is 0 Å². The molecule has 0 heterocycles. The zero-order chi connectivity index (χ0) is 12.2. The van der Waals surface area contributed by atoms with Crippen molar-refractivity contribution in [3.63, 3.8) is 0 Å². The summed E-state index contributed by atoms with van der Waals surface area (Å²) in [6.07, 6.45) is 3.71. The number of rotatable bonds is 7. The van der Waals surface area contributed by atoms with Crippen molar-refractivity contribution >= 4 is 11.9 Å². The minimum atomic E-state index is -1.85. The van der Waals surface area contributed by atoms with Crippen LogP contribution in [0.3, 0.4) is 0 Å². The second-order valence-electron chi connectivity index (χ2n) is 4.41. The highest BCUT2D eigenvalue weighted by atomic mass is 16.5. The Morgan fingerprint density at radius 2 is 2.12 bits per heavy atom. The second-order valence-corrected chi connectivity index (χ2v) is 4.41. The van der Waals surface area contributed by atoms with E-state index in [2.05, 4.69) is 0 Å². The highest BCUT2D eigenvalue weighted by molar-refractivity contribution is 6.03. The SMILES string of the molecule is CCCCOC(=O)C(N)(CC1CC1)C(=O)O. The van der Waals surface area contributed by atoms with E-state index in [1.165, 1.54) is 0 Å². The molecule has 0 aromatic heterocycles. The lowest BCUT2D eigenvalue weighted by molar-refractivity contribution is -0.161. The van der Waals surface area contributed by atoms with Gasteiger partial charge in [-0.25, -0.2) is 9.59 Å². The van der Waals surface area contributed by atoms with Crippen molar-refractivity contribution in [3.05, 3.63) is 0 Å². The molecule has 0 aliphatic heterocycles. The van der Waals surface area contributed by atoms with Crippen LogP contribution in [0.25, 0.3) is 0 Å². The van der Waals surface area contributed by atoms with E-state index in [0.717, 1.165) is 25.7 Å². The molecular weight excluding hydrogens is 210 g/mol. The zero-order valence-corrected chi connectivity index (χ0v) is 9.57. The maximum atomic E-state index is 11.6. The van der Waals surface area contributed by atoms with Crippen LogP contribution in [0.4, 0.5) is 0 Å². The molecule has 0 saturated heterocycles. The highest BCUT2D eigenvalue weighted by Crippen LogP contribution is 2.36. The van der Waals surface area contributed by atoms with E-state index in [1.807, 2.05) is 6.92 Å². The van der Waals surface area contributed by atoms with Crippen molar-refractivity contribution in [1.82, 2.24) is 0 Å². The van der Waals surface area contributed by atoms with Crippen LogP contribution < -0.4 is 5.73 Å². The van der Waals surface area contributed by atoms with Crippen molar-refractivity contribution < 1.29 is 19.4 Å². The summed E-state index contributed by atoms with van der Waals surface area (Å²) in [6.45, 7) is 2.21. The van der Waals surface area contributed by atoms with Gasteiger partial charge in [0.05, 0.1) is 6.61 Å². The molecule has 16 heavy (non-hydrogen) atoms. The van der Waals surface area contributed by atoms with Crippen molar-refractivity contribution in [2.24, 2.45) is 11.7 Å². The molecule has 1 aliphatic rings. The van der Waals surface area contributed by atoms with Crippen LogP contribution in [0, 0.1) is 5.92 Å². The smallest absolute Gasteiger partial charge is 0.337 e. The van der Waals surface area contributed by atoms with Crippen molar-refractivity contribution in [3.8, 4) is 0 Å².